The Morgan fingerprint density at radius 3 is 2.74 bits per heavy atom. The van der Waals surface area contributed by atoms with Crippen molar-refractivity contribution in [2.75, 3.05) is 27.2 Å². The van der Waals surface area contributed by atoms with Gasteiger partial charge in [0.15, 0.2) is 0 Å². The molecule has 7 heteroatoms. The zero-order valence-corrected chi connectivity index (χ0v) is 18.2. The molecule has 31 heavy (non-hydrogen) atoms. The number of halogens is 1. The molecule has 2 unspecified atom stereocenters. The van der Waals surface area contributed by atoms with Crippen molar-refractivity contribution in [2.24, 2.45) is 5.92 Å². The van der Waals surface area contributed by atoms with Crippen LogP contribution in [0.25, 0.3) is 11.3 Å². The molecule has 1 heterocycles. The summed E-state index contributed by atoms with van der Waals surface area (Å²) in [4.78, 5) is 31.5. The molecule has 6 nitrogen and oxygen atoms in total. The summed E-state index contributed by atoms with van der Waals surface area (Å²) >= 11 is 0. The smallest absolute Gasteiger partial charge is 0.253 e. The van der Waals surface area contributed by atoms with Crippen LogP contribution in [0.5, 0.6) is 0 Å². The number of nitrogens with one attached hydrogen (secondary N) is 2. The number of pyridine rings is 1. The van der Waals surface area contributed by atoms with Crippen molar-refractivity contribution in [1.29, 1.82) is 0 Å². The Labute approximate surface area is 183 Å². The number of carbonyl (C=O) groups is 2. The highest BCUT2D eigenvalue weighted by molar-refractivity contribution is 5.94. The minimum absolute atomic E-state index is 0.0262. The van der Waals surface area contributed by atoms with E-state index in [4.69, 9.17) is 0 Å². The average Bonchev–Trinajstić information content (AvgIpc) is 2.76. The minimum Gasteiger partial charge on any atom is -0.356 e. The number of carbonyl (C=O) groups excluding carboxylic acids is 2. The maximum Gasteiger partial charge on any atom is 0.253 e. The van der Waals surface area contributed by atoms with Crippen molar-refractivity contribution in [3.8, 4) is 11.3 Å². The number of amides is 2. The Morgan fingerprint density at radius 2 is 2.03 bits per heavy atom. The van der Waals surface area contributed by atoms with E-state index in [1.165, 1.54) is 18.3 Å². The fraction of sp³-hybridized carbons (Fsp3) is 0.458. The van der Waals surface area contributed by atoms with E-state index in [2.05, 4.69) is 20.5 Å². The van der Waals surface area contributed by atoms with Crippen LogP contribution >= 0.6 is 0 Å². The van der Waals surface area contributed by atoms with Gasteiger partial charge in [-0.15, -0.1) is 0 Å². The van der Waals surface area contributed by atoms with Gasteiger partial charge in [-0.1, -0.05) is 18.6 Å². The van der Waals surface area contributed by atoms with Gasteiger partial charge >= 0.3 is 0 Å². The van der Waals surface area contributed by atoms with Crippen molar-refractivity contribution < 1.29 is 14.0 Å². The fourth-order valence-electron chi connectivity index (χ4n) is 3.93. The molecule has 1 aliphatic carbocycles. The maximum atomic E-state index is 13.4. The molecular weight excluding hydrogens is 395 g/mol. The summed E-state index contributed by atoms with van der Waals surface area (Å²) in [5.41, 5.74) is 1.73. The van der Waals surface area contributed by atoms with Gasteiger partial charge in [0.1, 0.15) is 5.82 Å². The average molecular weight is 427 g/mol. The first kappa shape index (κ1) is 22.9. The van der Waals surface area contributed by atoms with E-state index >= 15 is 0 Å². The molecule has 1 aliphatic rings. The first-order valence-corrected chi connectivity index (χ1v) is 10.9. The molecule has 0 radical (unpaired) electrons. The molecule has 0 bridgehead atoms. The summed E-state index contributed by atoms with van der Waals surface area (Å²) in [6.07, 6.45) is 5.72. The Morgan fingerprint density at radius 1 is 1.19 bits per heavy atom. The molecule has 0 spiro atoms. The number of hydrogen-bond acceptors (Lipinski definition) is 4. The predicted molar refractivity (Wildman–Crippen MR) is 119 cm³/mol. The highest BCUT2D eigenvalue weighted by Crippen LogP contribution is 2.25. The van der Waals surface area contributed by atoms with Crippen molar-refractivity contribution in [2.45, 2.75) is 38.1 Å². The van der Waals surface area contributed by atoms with Crippen LogP contribution < -0.4 is 10.6 Å². The zero-order valence-electron chi connectivity index (χ0n) is 18.2. The van der Waals surface area contributed by atoms with Crippen LogP contribution in [0.15, 0.2) is 42.6 Å². The molecule has 1 aromatic carbocycles. The van der Waals surface area contributed by atoms with Crippen molar-refractivity contribution in [3.63, 3.8) is 0 Å². The second-order valence-corrected chi connectivity index (χ2v) is 8.42. The van der Waals surface area contributed by atoms with Crippen LogP contribution in [-0.2, 0) is 4.79 Å². The van der Waals surface area contributed by atoms with E-state index < -0.39 is 0 Å². The van der Waals surface area contributed by atoms with Gasteiger partial charge in [0.05, 0.1) is 11.3 Å². The van der Waals surface area contributed by atoms with Gasteiger partial charge < -0.3 is 15.5 Å². The van der Waals surface area contributed by atoms with Gasteiger partial charge in [0.2, 0.25) is 5.91 Å². The first-order valence-electron chi connectivity index (χ1n) is 10.9. The van der Waals surface area contributed by atoms with Crippen LogP contribution in [0.1, 0.15) is 42.5 Å². The van der Waals surface area contributed by atoms with Crippen LogP contribution in [0.4, 0.5) is 4.39 Å². The lowest BCUT2D eigenvalue weighted by Gasteiger charge is -2.29. The van der Waals surface area contributed by atoms with E-state index in [9.17, 15) is 14.0 Å². The topological polar surface area (TPSA) is 74.3 Å². The lowest BCUT2D eigenvalue weighted by molar-refractivity contribution is -0.126. The van der Waals surface area contributed by atoms with E-state index in [1.807, 2.05) is 14.1 Å². The molecule has 3 rings (SSSR count). The summed E-state index contributed by atoms with van der Waals surface area (Å²) < 4.78 is 13.4. The zero-order chi connectivity index (χ0) is 22.2. The summed E-state index contributed by atoms with van der Waals surface area (Å²) in [5, 5.41) is 6.07. The number of nitrogens with zero attached hydrogens (tertiary/aromatic N) is 2. The Hall–Kier alpha value is -2.80. The van der Waals surface area contributed by atoms with E-state index in [0.717, 1.165) is 32.2 Å². The van der Waals surface area contributed by atoms with Gasteiger partial charge in [-0.05, 0) is 70.6 Å². The van der Waals surface area contributed by atoms with Gasteiger partial charge in [-0.3, -0.25) is 14.6 Å². The predicted octanol–water partition coefficient (Wildman–Crippen LogP) is 3.24. The lowest BCUT2D eigenvalue weighted by Crippen LogP contribution is -2.42. The van der Waals surface area contributed by atoms with Crippen molar-refractivity contribution in [1.82, 2.24) is 20.5 Å². The molecule has 0 aliphatic heterocycles. The Kier molecular flexibility index (Phi) is 8.12. The second kappa shape index (κ2) is 11.0. The maximum absolute atomic E-state index is 13.4. The molecule has 2 N–H and O–H groups in total. The van der Waals surface area contributed by atoms with Crippen LogP contribution in [0.2, 0.25) is 0 Å². The minimum atomic E-state index is -0.324. The third kappa shape index (κ3) is 6.85. The van der Waals surface area contributed by atoms with Crippen LogP contribution in [-0.4, -0.2) is 54.9 Å². The summed E-state index contributed by atoms with van der Waals surface area (Å²) in [5.74, 6) is -0.504. The lowest BCUT2D eigenvalue weighted by atomic mass is 9.85. The SMILES string of the molecule is CN(C)CCCNC(=O)C1CCCC(NC(=O)c2ccc(-c3cccc(F)c3)nc2)C1. The van der Waals surface area contributed by atoms with Crippen molar-refractivity contribution in [3.05, 3.63) is 54.0 Å². The second-order valence-electron chi connectivity index (χ2n) is 8.42. The first-order chi connectivity index (χ1) is 14.9. The van der Waals surface area contributed by atoms with Crippen LogP contribution in [0, 0.1) is 11.7 Å². The molecule has 1 saturated carbocycles. The Bertz CT molecular complexity index is 885. The molecule has 166 valence electrons. The summed E-state index contributed by atoms with van der Waals surface area (Å²) in [6.45, 7) is 1.61. The van der Waals surface area contributed by atoms with Gasteiger partial charge in [-0.25, -0.2) is 4.39 Å². The van der Waals surface area contributed by atoms with E-state index in [1.54, 1.807) is 24.3 Å². The Balaban J connectivity index is 1.51. The van der Waals surface area contributed by atoms with Gasteiger partial charge in [0.25, 0.3) is 5.91 Å². The van der Waals surface area contributed by atoms with E-state index in [0.29, 0.717) is 29.8 Å². The number of aromatic nitrogens is 1. The quantitative estimate of drug-likeness (QED) is 0.636. The summed E-state index contributed by atoms with van der Waals surface area (Å²) in [6, 6.07) is 9.59. The number of hydrogen-bond donors (Lipinski definition) is 2. The standard InChI is InChI=1S/C24H31FN4O2/c1-29(2)13-5-12-26-23(30)18-7-4-9-21(15-18)28-24(31)19-10-11-22(27-16-19)17-6-3-8-20(25)14-17/h3,6,8,10-11,14,16,18,21H,4-5,7,9,12-13,15H2,1-2H3,(H,26,30)(H,28,31). The molecule has 2 aromatic rings. The molecule has 1 aromatic heterocycles. The molecule has 2 atom stereocenters. The fourth-order valence-corrected chi connectivity index (χ4v) is 3.93. The third-order valence-electron chi connectivity index (χ3n) is 5.61. The number of benzene rings is 1. The molecule has 0 saturated heterocycles. The van der Waals surface area contributed by atoms with Crippen molar-refractivity contribution >= 4 is 11.8 Å². The third-order valence-corrected chi connectivity index (χ3v) is 5.61. The van der Waals surface area contributed by atoms with Gasteiger partial charge in [-0.2, -0.15) is 0 Å². The molecule has 1 fully saturated rings. The highest BCUT2D eigenvalue weighted by atomic mass is 19.1. The van der Waals surface area contributed by atoms with Crippen LogP contribution in [0.3, 0.4) is 0 Å². The number of rotatable bonds is 8. The summed E-state index contributed by atoms with van der Waals surface area (Å²) in [7, 11) is 4.03. The van der Waals surface area contributed by atoms with E-state index in [-0.39, 0.29) is 29.6 Å². The van der Waals surface area contributed by atoms with Gasteiger partial charge in [0, 0.05) is 30.3 Å². The highest BCUT2D eigenvalue weighted by Gasteiger charge is 2.28. The normalized spacial score (nSPS) is 18.6. The largest absolute Gasteiger partial charge is 0.356 e. The monoisotopic (exact) mass is 426 g/mol. The molecule has 2 amide bonds. The molecular formula is C24H31FN4O2.